The first-order chi connectivity index (χ1) is 7.79. The summed E-state index contributed by atoms with van der Waals surface area (Å²) >= 11 is 1.31. The van der Waals surface area contributed by atoms with Crippen molar-refractivity contribution in [2.75, 3.05) is 45.6 Å². The van der Waals surface area contributed by atoms with Gasteiger partial charge in [0.1, 0.15) is 0 Å². The molecule has 16 heavy (non-hydrogen) atoms. The van der Waals surface area contributed by atoms with Crippen LogP contribution >= 0.6 is 11.8 Å². The number of piperazine rings is 1. The van der Waals surface area contributed by atoms with Crippen LogP contribution in [0.2, 0.25) is 0 Å². The third kappa shape index (κ3) is 3.12. The predicted molar refractivity (Wildman–Crippen MR) is 65.9 cm³/mol. The molecule has 92 valence electrons. The maximum Gasteiger partial charge on any atom is 0.281 e. The van der Waals surface area contributed by atoms with Crippen LogP contribution in [-0.4, -0.2) is 66.7 Å². The van der Waals surface area contributed by atoms with Crippen LogP contribution in [-0.2, 0) is 4.74 Å². The van der Waals surface area contributed by atoms with Crippen molar-refractivity contribution in [3.05, 3.63) is 0 Å². The highest BCUT2D eigenvalue weighted by molar-refractivity contribution is 8.12. The van der Waals surface area contributed by atoms with Gasteiger partial charge >= 0.3 is 0 Å². The van der Waals surface area contributed by atoms with E-state index < -0.39 is 0 Å². The normalized spacial score (nSPS) is 27.3. The Bertz CT molecular complexity index is 236. The maximum absolute atomic E-state index is 11.5. The number of hydrogen-bond donors (Lipinski definition) is 0. The zero-order chi connectivity index (χ0) is 11.4. The summed E-state index contributed by atoms with van der Waals surface area (Å²) < 4.78 is 5.62. The first-order valence-corrected chi connectivity index (χ1v) is 7.19. The molecule has 4 nitrogen and oxygen atoms in total. The summed E-state index contributed by atoms with van der Waals surface area (Å²) in [7, 11) is 0. The molecular weight excluding hydrogens is 224 g/mol. The molecule has 0 spiro atoms. The van der Waals surface area contributed by atoms with E-state index in [9.17, 15) is 4.79 Å². The molecule has 0 aromatic carbocycles. The predicted octanol–water partition coefficient (Wildman–Crippen LogP) is 1.27. The number of hydrogen-bond acceptors (Lipinski definition) is 4. The van der Waals surface area contributed by atoms with E-state index in [0.29, 0.717) is 6.10 Å². The van der Waals surface area contributed by atoms with Crippen LogP contribution in [0.25, 0.3) is 0 Å². The second kappa shape index (κ2) is 5.89. The second-order valence-corrected chi connectivity index (χ2v) is 5.15. The molecule has 0 bridgehead atoms. The summed E-state index contributed by atoms with van der Waals surface area (Å²) in [6, 6.07) is 0. The number of carbonyl (C=O) groups excluding carboxylic acids is 1. The van der Waals surface area contributed by atoms with Crippen molar-refractivity contribution in [2.24, 2.45) is 0 Å². The van der Waals surface area contributed by atoms with Gasteiger partial charge in [-0.25, -0.2) is 0 Å². The summed E-state index contributed by atoms with van der Waals surface area (Å²) in [5, 5.41) is 0.205. The van der Waals surface area contributed by atoms with Crippen molar-refractivity contribution in [3.8, 4) is 0 Å². The average Bonchev–Trinajstić information content (AvgIpc) is 2.82. The average molecular weight is 244 g/mol. The highest BCUT2D eigenvalue weighted by Gasteiger charge is 2.24. The fourth-order valence-electron chi connectivity index (χ4n) is 2.32. The summed E-state index contributed by atoms with van der Waals surface area (Å²) in [4.78, 5) is 15.8. The molecule has 2 rings (SSSR count). The minimum atomic E-state index is 0.205. The van der Waals surface area contributed by atoms with E-state index in [1.165, 1.54) is 24.6 Å². The van der Waals surface area contributed by atoms with Gasteiger partial charge in [0.05, 0.1) is 6.10 Å². The summed E-state index contributed by atoms with van der Waals surface area (Å²) in [5.41, 5.74) is 0. The molecule has 0 aliphatic carbocycles. The van der Waals surface area contributed by atoms with E-state index in [2.05, 4.69) is 4.90 Å². The summed E-state index contributed by atoms with van der Waals surface area (Å²) in [5.74, 6) is 0. The Hall–Kier alpha value is -0.260. The molecule has 0 aromatic rings. The van der Waals surface area contributed by atoms with Crippen LogP contribution in [0.3, 0.4) is 0 Å². The van der Waals surface area contributed by atoms with Gasteiger partial charge < -0.3 is 9.64 Å². The number of ether oxygens (including phenoxy) is 1. The van der Waals surface area contributed by atoms with E-state index in [-0.39, 0.29) is 5.24 Å². The molecule has 2 heterocycles. The molecule has 1 amide bonds. The molecule has 2 saturated heterocycles. The van der Waals surface area contributed by atoms with E-state index in [0.717, 1.165) is 39.3 Å². The van der Waals surface area contributed by atoms with Gasteiger partial charge in [-0.1, -0.05) is 11.8 Å². The van der Waals surface area contributed by atoms with Crippen molar-refractivity contribution in [1.82, 2.24) is 9.80 Å². The second-order valence-electron chi connectivity index (χ2n) is 4.39. The fraction of sp³-hybridized carbons (Fsp3) is 0.909. The smallest absolute Gasteiger partial charge is 0.281 e. The fourth-order valence-corrected chi connectivity index (χ4v) is 2.76. The molecule has 5 heteroatoms. The quantitative estimate of drug-likeness (QED) is 0.732. The van der Waals surface area contributed by atoms with Crippen molar-refractivity contribution in [1.29, 1.82) is 0 Å². The van der Waals surface area contributed by atoms with Gasteiger partial charge in [-0.15, -0.1) is 0 Å². The number of nitrogens with zero attached hydrogens (tertiary/aromatic N) is 2. The highest BCUT2D eigenvalue weighted by atomic mass is 32.2. The third-order valence-corrected chi connectivity index (χ3v) is 3.90. The Morgan fingerprint density at radius 3 is 2.69 bits per heavy atom. The van der Waals surface area contributed by atoms with Gasteiger partial charge in [0, 0.05) is 39.3 Å². The van der Waals surface area contributed by atoms with E-state index >= 15 is 0 Å². The van der Waals surface area contributed by atoms with Gasteiger partial charge in [0.25, 0.3) is 5.24 Å². The first-order valence-electron chi connectivity index (χ1n) is 5.96. The van der Waals surface area contributed by atoms with Crippen LogP contribution in [0, 0.1) is 0 Å². The molecule has 2 fully saturated rings. The maximum atomic E-state index is 11.5. The van der Waals surface area contributed by atoms with Crippen molar-refractivity contribution in [2.45, 2.75) is 18.9 Å². The summed E-state index contributed by atoms with van der Waals surface area (Å²) in [6.45, 7) is 5.69. The molecule has 2 aliphatic heterocycles. The lowest BCUT2D eigenvalue weighted by Crippen LogP contribution is -2.49. The van der Waals surface area contributed by atoms with Gasteiger partial charge in [-0.3, -0.25) is 9.69 Å². The Labute approximate surface area is 101 Å². The minimum absolute atomic E-state index is 0.205. The van der Waals surface area contributed by atoms with E-state index in [4.69, 9.17) is 4.74 Å². The number of thioether (sulfide) groups is 1. The van der Waals surface area contributed by atoms with E-state index in [1.807, 2.05) is 11.2 Å². The molecule has 2 aliphatic rings. The molecule has 0 N–H and O–H groups in total. The lowest BCUT2D eigenvalue weighted by Gasteiger charge is -2.35. The molecule has 1 unspecified atom stereocenters. The topological polar surface area (TPSA) is 32.8 Å². The van der Waals surface area contributed by atoms with Gasteiger partial charge in [0.15, 0.2) is 0 Å². The number of rotatable bonds is 2. The SMILES string of the molecule is CSC(=O)N1CCN(CC2CCCO2)CC1. The Balaban J connectivity index is 1.70. The lowest BCUT2D eigenvalue weighted by molar-refractivity contribution is 0.0580. The zero-order valence-electron chi connectivity index (χ0n) is 9.85. The number of amides is 1. The molecular formula is C11H20N2O2S. The van der Waals surface area contributed by atoms with Gasteiger partial charge in [0.2, 0.25) is 0 Å². The monoisotopic (exact) mass is 244 g/mol. The molecule has 0 radical (unpaired) electrons. The largest absolute Gasteiger partial charge is 0.377 e. The molecule has 0 saturated carbocycles. The Morgan fingerprint density at radius 1 is 1.38 bits per heavy atom. The van der Waals surface area contributed by atoms with Crippen molar-refractivity contribution >= 4 is 17.0 Å². The van der Waals surface area contributed by atoms with Gasteiger partial charge in [-0.2, -0.15) is 0 Å². The zero-order valence-corrected chi connectivity index (χ0v) is 10.7. The molecule has 0 aromatic heterocycles. The Kier molecular flexibility index (Phi) is 4.49. The van der Waals surface area contributed by atoms with Crippen LogP contribution in [0.1, 0.15) is 12.8 Å². The van der Waals surface area contributed by atoms with Crippen LogP contribution < -0.4 is 0 Å². The van der Waals surface area contributed by atoms with Crippen LogP contribution in [0.4, 0.5) is 4.79 Å². The number of carbonyl (C=O) groups is 1. The van der Waals surface area contributed by atoms with Crippen LogP contribution in [0.5, 0.6) is 0 Å². The minimum Gasteiger partial charge on any atom is -0.377 e. The standard InChI is InChI=1S/C11H20N2O2S/c1-16-11(14)13-6-4-12(5-7-13)9-10-3-2-8-15-10/h10H,2-9H2,1H3. The van der Waals surface area contributed by atoms with Crippen molar-refractivity contribution in [3.63, 3.8) is 0 Å². The van der Waals surface area contributed by atoms with Crippen LogP contribution in [0.15, 0.2) is 0 Å². The third-order valence-electron chi connectivity index (χ3n) is 3.29. The molecule has 1 atom stereocenters. The summed E-state index contributed by atoms with van der Waals surface area (Å²) in [6.07, 6.45) is 4.68. The lowest BCUT2D eigenvalue weighted by atomic mass is 10.2. The first kappa shape index (κ1) is 12.2. The van der Waals surface area contributed by atoms with Crippen molar-refractivity contribution < 1.29 is 9.53 Å². The highest BCUT2D eigenvalue weighted by Crippen LogP contribution is 2.15. The Morgan fingerprint density at radius 2 is 2.12 bits per heavy atom. The van der Waals surface area contributed by atoms with E-state index in [1.54, 1.807) is 0 Å². The van der Waals surface area contributed by atoms with Gasteiger partial charge in [-0.05, 0) is 19.1 Å².